The largest absolute Gasteiger partial charge is 0.484 e. The van der Waals surface area contributed by atoms with Crippen LogP contribution in [0.4, 0.5) is 5.69 Å². The fourth-order valence-electron chi connectivity index (χ4n) is 2.55. The van der Waals surface area contributed by atoms with E-state index in [1.807, 2.05) is 24.3 Å². The summed E-state index contributed by atoms with van der Waals surface area (Å²) in [5.41, 5.74) is 2.24. The lowest BCUT2D eigenvalue weighted by molar-refractivity contribution is -0.118. The number of benzene rings is 2. The number of aryl methyl sites for hydroxylation is 1. The standard InChI is InChI=1S/C21H28N2O4S/c1-15-7-10-17(13-19(15)28(25,26)23(5)6)22-20(24)14-27-18-11-8-16(9-12-18)21(2,3)4/h7-13H,14H2,1-6H3,(H,22,24). The minimum absolute atomic E-state index is 0.0476. The molecule has 0 spiro atoms. The highest BCUT2D eigenvalue weighted by atomic mass is 32.2. The molecule has 152 valence electrons. The Bertz CT molecular complexity index is 943. The van der Waals surface area contributed by atoms with Crippen molar-refractivity contribution in [2.75, 3.05) is 26.0 Å². The highest BCUT2D eigenvalue weighted by Gasteiger charge is 2.20. The molecule has 0 aliphatic carbocycles. The molecule has 0 unspecified atom stereocenters. The smallest absolute Gasteiger partial charge is 0.262 e. The quantitative estimate of drug-likeness (QED) is 0.799. The monoisotopic (exact) mass is 404 g/mol. The molecule has 7 heteroatoms. The van der Waals surface area contributed by atoms with Crippen molar-refractivity contribution in [2.45, 2.75) is 38.0 Å². The van der Waals surface area contributed by atoms with Crippen LogP contribution in [0, 0.1) is 6.92 Å². The second kappa shape index (κ2) is 8.32. The van der Waals surface area contributed by atoms with Crippen LogP contribution in [-0.2, 0) is 20.2 Å². The molecule has 1 N–H and O–H groups in total. The van der Waals surface area contributed by atoms with Crippen molar-refractivity contribution in [1.29, 1.82) is 0 Å². The summed E-state index contributed by atoms with van der Waals surface area (Å²) in [5.74, 6) is 0.236. The molecule has 0 aliphatic heterocycles. The average molecular weight is 405 g/mol. The van der Waals surface area contributed by atoms with Crippen LogP contribution in [0.25, 0.3) is 0 Å². The zero-order chi connectivity index (χ0) is 21.1. The van der Waals surface area contributed by atoms with Crippen molar-refractivity contribution in [3.63, 3.8) is 0 Å². The summed E-state index contributed by atoms with van der Waals surface area (Å²) in [7, 11) is -0.645. The van der Waals surface area contributed by atoms with E-state index in [0.717, 1.165) is 4.31 Å². The molecule has 0 saturated carbocycles. The van der Waals surface area contributed by atoms with Crippen LogP contribution < -0.4 is 10.1 Å². The van der Waals surface area contributed by atoms with E-state index in [1.165, 1.54) is 25.7 Å². The number of hydrogen-bond donors (Lipinski definition) is 1. The summed E-state index contributed by atoms with van der Waals surface area (Å²) in [6.07, 6.45) is 0. The van der Waals surface area contributed by atoms with Crippen molar-refractivity contribution in [3.8, 4) is 5.75 Å². The maximum absolute atomic E-state index is 12.4. The van der Waals surface area contributed by atoms with Crippen molar-refractivity contribution in [1.82, 2.24) is 4.31 Å². The normalized spacial score (nSPS) is 12.1. The number of anilines is 1. The summed E-state index contributed by atoms with van der Waals surface area (Å²) in [6.45, 7) is 7.93. The molecule has 0 aliphatic rings. The van der Waals surface area contributed by atoms with E-state index >= 15 is 0 Å². The third-order valence-electron chi connectivity index (χ3n) is 4.32. The summed E-state index contributed by atoms with van der Waals surface area (Å²) in [5, 5.41) is 2.68. The first-order chi connectivity index (χ1) is 12.9. The SMILES string of the molecule is Cc1ccc(NC(=O)COc2ccc(C(C)(C)C)cc2)cc1S(=O)(=O)N(C)C. The van der Waals surface area contributed by atoms with Gasteiger partial charge in [-0.3, -0.25) is 4.79 Å². The van der Waals surface area contributed by atoms with Crippen molar-refractivity contribution in [2.24, 2.45) is 0 Å². The van der Waals surface area contributed by atoms with Gasteiger partial charge >= 0.3 is 0 Å². The molecule has 0 heterocycles. The molecule has 2 rings (SSSR count). The molecular formula is C21H28N2O4S. The molecular weight excluding hydrogens is 376 g/mol. The van der Waals surface area contributed by atoms with Crippen LogP contribution in [0.1, 0.15) is 31.9 Å². The van der Waals surface area contributed by atoms with Gasteiger partial charge in [-0.05, 0) is 47.7 Å². The van der Waals surface area contributed by atoms with Gasteiger partial charge in [0, 0.05) is 19.8 Å². The van der Waals surface area contributed by atoms with Gasteiger partial charge in [0.2, 0.25) is 10.0 Å². The number of rotatable bonds is 6. The van der Waals surface area contributed by atoms with Crippen LogP contribution in [0.5, 0.6) is 5.75 Å². The van der Waals surface area contributed by atoms with Crippen LogP contribution in [0.2, 0.25) is 0 Å². The maximum Gasteiger partial charge on any atom is 0.262 e. The lowest BCUT2D eigenvalue weighted by Crippen LogP contribution is -2.24. The number of ether oxygens (including phenoxy) is 1. The number of carbonyl (C=O) groups is 1. The van der Waals surface area contributed by atoms with E-state index in [4.69, 9.17) is 4.74 Å². The van der Waals surface area contributed by atoms with Crippen LogP contribution >= 0.6 is 0 Å². The lowest BCUT2D eigenvalue weighted by atomic mass is 9.87. The number of hydrogen-bond acceptors (Lipinski definition) is 4. The van der Waals surface area contributed by atoms with Crippen molar-refractivity contribution in [3.05, 3.63) is 53.6 Å². The predicted molar refractivity (Wildman–Crippen MR) is 111 cm³/mol. The molecule has 28 heavy (non-hydrogen) atoms. The molecule has 0 radical (unpaired) electrons. The Morgan fingerprint density at radius 3 is 2.21 bits per heavy atom. The number of carbonyl (C=O) groups excluding carboxylic acids is 1. The van der Waals surface area contributed by atoms with Gasteiger partial charge in [0.25, 0.3) is 5.91 Å². The molecule has 0 fully saturated rings. The van der Waals surface area contributed by atoms with Gasteiger partial charge in [0.1, 0.15) is 5.75 Å². The van der Waals surface area contributed by atoms with E-state index < -0.39 is 10.0 Å². The zero-order valence-corrected chi connectivity index (χ0v) is 18.1. The van der Waals surface area contributed by atoms with Crippen LogP contribution in [-0.4, -0.2) is 39.3 Å². The zero-order valence-electron chi connectivity index (χ0n) is 17.2. The lowest BCUT2D eigenvalue weighted by Gasteiger charge is -2.19. The Morgan fingerprint density at radius 2 is 1.68 bits per heavy atom. The predicted octanol–water partition coefficient (Wildman–Crippen LogP) is 3.56. The molecule has 2 aromatic rings. The van der Waals surface area contributed by atoms with E-state index in [2.05, 4.69) is 26.1 Å². The first-order valence-electron chi connectivity index (χ1n) is 8.97. The second-order valence-electron chi connectivity index (χ2n) is 7.88. The van der Waals surface area contributed by atoms with E-state index in [0.29, 0.717) is 17.0 Å². The minimum Gasteiger partial charge on any atom is -0.484 e. The maximum atomic E-state index is 12.4. The molecule has 6 nitrogen and oxygen atoms in total. The fraction of sp³-hybridized carbons (Fsp3) is 0.381. The van der Waals surface area contributed by atoms with E-state index in [-0.39, 0.29) is 22.8 Å². The van der Waals surface area contributed by atoms with Crippen LogP contribution in [0.15, 0.2) is 47.4 Å². The third kappa shape index (κ3) is 5.33. The second-order valence-corrected chi connectivity index (χ2v) is 10.00. The summed E-state index contributed by atoms with van der Waals surface area (Å²) in [6, 6.07) is 12.4. The van der Waals surface area contributed by atoms with Crippen molar-refractivity contribution >= 4 is 21.6 Å². The summed E-state index contributed by atoms with van der Waals surface area (Å²) >= 11 is 0. The van der Waals surface area contributed by atoms with Gasteiger partial charge in [-0.2, -0.15) is 0 Å². The number of nitrogens with zero attached hydrogens (tertiary/aromatic N) is 1. The Kier molecular flexibility index (Phi) is 6.52. The topological polar surface area (TPSA) is 75.7 Å². The Balaban J connectivity index is 2.04. The first-order valence-corrected chi connectivity index (χ1v) is 10.4. The Hall–Kier alpha value is -2.38. The average Bonchev–Trinajstić information content (AvgIpc) is 2.61. The molecule has 0 saturated heterocycles. The third-order valence-corrected chi connectivity index (χ3v) is 6.28. The number of sulfonamides is 1. The van der Waals surface area contributed by atoms with Gasteiger partial charge in [0.15, 0.2) is 6.61 Å². The Labute approximate surface area is 167 Å². The molecule has 2 aromatic carbocycles. The summed E-state index contributed by atoms with van der Waals surface area (Å²) < 4.78 is 31.4. The molecule has 0 atom stereocenters. The van der Waals surface area contributed by atoms with Gasteiger partial charge in [-0.25, -0.2) is 12.7 Å². The van der Waals surface area contributed by atoms with Gasteiger partial charge in [-0.15, -0.1) is 0 Å². The van der Waals surface area contributed by atoms with E-state index in [9.17, 15) is 13.2 Å². The highest BCUT2D eigenvalue weighted by Crippen LogP contribution is 2.25. The molecule has 1 amide bonds. The van der Waals surface area contributed by atoms with Gasteiger partial charge in [-0.1, -0.05) is 39.0 Å². The summed E-state index contributed by atoms with van der Waals surface area (Å²) in [4.78, 5) is 12.4. The van der Waals surface area contributed by atoms with Gasteiger partial charge in [0.05, 0.1) is 4.90 Å². The fourth-order valence-corrected chi connectivity index (χ4v) is 3.69. The molecule has 0 aromatic heterocycles. The number of amides is 1. The highest BCUT2D eigenvalue weighted by molar-refractivity contribution is 7.89. The number of nitrogens with one attached hydrogen (secondary N) is 1. The van der Waals surface area contributed by atoms with Crippen molar-refractivity contribution < 1.29 is 17.9 Å². The van der Waals surface area contributed by atoms with Gasteiger partial charge < -0.3 is 10.1 Å². The van der Waals surface area contributed by atoms with Crippen LogP contribution in [0.3, 0.4) is 0 Å². The minimum atomic E-state index is -3.59. The Morgan fingerprint density at radius 1 is 1.07 bits per heavy atom. The first kappa shape index (κ1) is 21.9. The molecule has 0 bridgehead atoms. The van der Waals surface area contributed by atoms with E-state index in [1.54, 1.807) is 19.1 Å².